The van der Waals surface area contributed by atoms with Crippen LogP contribution in [0.1, 0.15) is 25.7 Å². The second-order valence-electron chi connectivity index (χ2n) is 2.69. The highest BCUT2D eigenvalue weighted by Gasteiger charge is 2.16. The Morgan fingerprint density at radius 3 is 1.33 bits per heavy atom. The maximum atomic E-state index is 3.47. The third kappa shape index (κ3) is 2.96. The monoisotopic (exact) mass is 420 g/mol. The molecule has 1 rings (SSSR count). The molecule has 0 N–H and O–H groups in total. The van der Waals surface area contributed by atoms with Crippen molar-refractivity contribution in [1.29, 1.82) is 0 Å². The summed E-state index contributed by atoms with van der Waals surface area (Å²) in [6.07, 6.45) is 4.88. The SMILES string of the molecule is BrC(Br)=C1CCCCC1=C(Br)Br. The largest absolute Gasteiger partial charge is 0.0639 e. The topological polar surface area (TPSA) is 0 Å². The highest BCUT2D eigenvalue weighted by Crippen LogP contribution is 2.39. The summed E-state index contributed by atoms with van der Waals surface area (Å²) in [4.78, 5) is 0. The number of hydrogen-bond acceptors (Lipinski definition) is 0. The molecule has 0 amide bonds. The van der Waals surface area contributed by atoms with Gasteiger partial charge in [-0.2, -0.15) is 0 Å². The first-order valence-corrected chi connectivity index (χ1v) is 6.89. The van der Waals surface area contributed by atoms with Gasteiger partial charge in [0.2, 0.25) is 0 Å². The van der Waals surface area contributed by atoms with E-state index in [0.717, 1.165) is 19.6 Å². The zero-order valence-corrected chi connectivity index (χ0v) is 12.7. The minimum absolute atomic E-state index is 1.08. The molecule has 4 heteroatoms. The van der Waals surface area contributed by atoms with Crippen molar-refractivity contribution in [2.24, 2.45) is 0 Å². The van der Waals surface area contributed by atoms with E-state index in [0.29, 0.717) is 0 Å². The number of allylic oxidation sites excluding steroid dienone is 2. The lowest BCUT2D eigenvalue weighted by Crippen LogP contribution is -1.99. The molecule has 0 aromatic rings. The third-order valence-corrected chi connectivity index (χ3v) is 3.84. The number of hydrogen-bond donors (Lipinski definition) is 0. The second-order valence-corrected chi connectivity index (χ2v) is 7.99. The smallest absolute Gasteiger partial charge is 0.0488 e. The van der Waals surface area contributed by atoms with E-state index in [2.05, 4.69) is 63.7 Å². The fraction of sp³-hybridized carbons (Fsp3) is 0.500. The molecular weight excluding hydrogens is 416 g/mol. The second kappa shape index (κ2) is 5.32. The fourth-order valence-corrected chi connectivity index (χ4v) is 3.07. The number of rotatable bonds is 0. The Kier molecular flexibility index (Phi) is 5.09. The van der Waals surface area contributed by atoms with Crippen LogP contribution in [0.15, 0.2) is 17.9 Å². The predicted molar refractivity (Wildman–Crippen MR) is 68.2 cm³/mol. The molecule has 0 radical (unpaired) electrons. The van der Waals surface area contributed by atoms with Crippen molar-refractivity contribution < 1.29 is 0 Å². The normalized spacial score (nSPS) is 18.0. The van der Waals surface area contributed by atoms with Gasteiger partial charge in [0, 0.05) is 0 Å². The lowest BCUT2D eigenvalue weighted by atomic mass is 9.92. The van der Waals surface area contributed by atoms with Crippen molar-refractivity contribution in [3.05, 3.63) is 17.9 Å². The molecule has 68 valence electrons. The van der Waals surface area contributed by atoms with E-state index in [-0.39, 0.29) is 0 Å². The first kappa shape index (κ1) is 11.5. The lowest BCUT2D eigenvalue weighted by Gasteiger charge is -2.18. The van der Waals surface area contributed by atoms with Crippen LogP contribution in [-0.4, -0.2) is 0 Å². The van der Waals surface area contributed by atoms with Crippen LogP contribution >= 0.6 is 63.7 Å². The van der Waals surface area contributed by atoms with Crippen molar-refractivity contribution in [1.82, 2.24) is 0 Å². The van der Waals surface area contributed by atoms with Crippen LogP contribution in [0.25, 0.3) is 0 Å². The van der Waals surface area contributed by atoms with Gasteiger partial charge in [0.1, 0.15) is 0 Å². The van der Waals surface area contributed by atoms with E-state index >= 15 is 0 Å². The Labute approximate surface area is 106 Å². The summed E-state index contributed by atoms with van der Waals surface area (Å²) in [7, 11) is 0. The molecule has 0 saturated heterocycles. The Morgan fingerprint density at radius 1 is 0.750 bits per heavy atom. The van der Waals surface area contributed by atoms with E-state index in [4.69, 9.17) is 0 Å². The average Bonchev–Trinajstić information content (AvgIpc) is 2.04. The van der Waals surface area contributed by atoms with Gasteiger partial charge in [-0.05, 0) is 101 Å². The van der Waals surface area contributed by atoms with E-state index in [1.54, 1.807) is 0 Å². The molecule has 0 unspecified atom stereocenters. The highest BCUT2D eigenvalue weighted by molar-refractivity contribution is 9.28. The molecule has 1 saturated carbocycles. The summed E-state index contributed by atoms with van der Waals surface area (Å²) >= 11 is 13.9. The van der Waals surface area contributed by atoms with Crippen LogP contribution in [-0.2, 0) is 0 Å². The maximum absolute atomic E-state index is 3.47. The minimum Gasteiger partial charge on any atom is -0.0488 e. The molecule has 12 heavy (non-hydrogen) atoms. The lowest BCUT2D eigenvalue weighted by molar-refractivity contribution is 0.680. The van der Waals surface area contributed by atoms with Crippen LogP contribution in [0.5, 0.6) is 0 Å². The minimum atomic E-state index is 1.08. The average molecular weight is 424 g/mol. The van der Waals surface area contributed by atoms with E-state index in [9.17, 15) is 0 Å². The van der Waals surface area contributed by atoms with E-state index in [1.807, 2.05) is 0 Å². The van der Waals surface area contributed by atoms with E-state index in [1.165, 1.54) is 24.0 Å². The predicted octanol–water partition coefficient (Wildman–Crippen LogP) is 5.56. The Bertz CT molecular complexity index is 205. The van der Waals surface area contributed by atoms with Crippen LogP contribution < -0.4 is 0 Å². The highest BCUT2D eigenvalue weighted by atomic mass is 79.9. The van der Waals surface area contributed by atoms with Crippen molar-refractivity contribution in [3.63, 3.8) is 0 Å². The molecule has 0 heterocycles. The maximum Gasteiger partial charge on any atom is 0.0639 e. The molecule has 0 nitrogen and oxygen atoms in total. The van der Waals surface area contributed by atoms with Gasteiger partial charge < -0.3 is 0 Å². The van der Waals surface area contributed by atoms with Crippen molar-refractivity contribution in [3.8, 4) is 0 Å². The zero-order valence-electron chi connectivity index (χ0n) is 6.34. The summed E-state index contributed by atoms with van der Waals surface area (Å²) in [6, 6.07) is 0. The van der Waals surface area contributed by atoms with Crippen molar-refractivity contribution >= 4 is 63.7 Å². The molecule has 0 bridgehead atoms. The zero-order chi connectivity index (χ0) is 9.14. The molecular formula is C8H8Br4. The van der Waals surface area contributed by atoms with Crippen LogP contribution in [0, 0.1) is 0 Å². The molecule has 0 aromatic carbocycles. The van der Waals surface area contributed by atoms with Crippen LogP contribution in [0.4, 0.5) is 0 Å². The summed E-state index contributed by atoms with van der Waals surface area (Å²) in [6.45, 7) is 0. The summed E-state index contributed by atoms with van der Waals surface area (Å²) in [5.74, 6) is 0. The fourth-order valence-electron chi connectivity index (χ4n) is 1.32. The van der Waals surface area contributed by atoms with Gasteiger partial charge in [-0.3, -0.25) is 0 Å². The first-order valence-electron chi connectivity index (χ1n) is 3.71. The molecule has 1 aliphatic rings. The number of halogens is 4. The molecule has 0 aliphatic heterocycles. The summed E-state index contributed by atoms with van der Waals surface area (Å²) in [5.41, 5.74) is 2.76. The molecule has 0 aromatic heterocycles. The third-order valence-electron chi connectivity index (χ3n) is 1.92. The van der Waals surface area contributed by atoms with E-state index < -0.39 is 0 Å². The molecule has 1 fully saturated rings. The van der Waals surface area contributed by atoms with Gasteiger partial charge in [-0.25, -0.2) is 0 Å². The van der Waals surface area contributed by atoms with Crippen LogP contribution in [0.3, 0.4) is 0 Å². The standard InChI is InChI=1S/C8H8Br4/c9-7(10)5-3-1-2-4-6(5)8(11)12/h1-4H2. The first-order chi connectivity index (χ1) is 5.63. The molecule has 0 atom stereocenters. The Morgan fingerprint density at radius 2 is 1.08 bits per heavy atom. The van der Waals surface area contributed by atoms with Crippen LogP contribution in [0.2, 0.25) is 0 Å². The van der Waals surface area contributed by atoms with Crippen molar-refractivity contribution in [2.45, 2.75) is 25.7 Å². The van der Waals surface area contributed by atoms with Gasteiger partial charge in [0.05, 0.1) is 6.78 Å². The molecule has 1 aliphatic carbocycles. The van der Waals surface area contributed by atoms with Crippen molar-refractivity contribution in [2.75, 3.05) is 0 Å². The summed E-state index contributed by atoms with van der Waals surface area (Å²) < 4.78 is 2.17. The Balaban J connectivity index is 2.98. The van der Waals surface area contributed by atoms with Gasteiger partial charge in [0.15, 0.2) is 0 Å². The van der Waals surface area contributed by atoms with Gasteiger partial charge in [-0.1, -0.05) is 0 Å². The van der Waals surface area contributed by atoms with Gasteiger partial charge in [0.25, 0.3) is 0 Å². The van der Waals surface area contributed by atoms with Gasteiger partial charge >= 0.3 is 0 Å². The van der Waals surface area contributed by atoms with Gasteiger partial charge in [-0.15, -0.1) is 0 Å². The Hall–Kier alpha value is 1.40. The molecule has 0 spiro atoms. The quantitative estimate of drug-likeness (QED) is 0.478. The summed E-state index contributed by atoms with van der Waals surface area (Å²) in [5, 5.41) is 0.